The SMILES string of the molecule is Cc1[nH]ncc1S(=O)(=O)Nc1cccc(CNC2CC2)c1. The third kappa shape index (κ3) is 3.43. The van der Waals surface area contributed by atoms with Crippen molar-refractivity contribution < 1.29 is 8.42 Å². The molecule has 1 heterocycles. The summed E-state index contributed by atoms with van der Waals surface area (Å²) in [4.78, 5) is 0.170. The number of hydrogen-bond acceptors (Lipinski definition) is 4. The van der Waals surface area contributed by atoms with Gasteiger partial charge in [0.2, 0.25) is 0 Å². The van der Waals surface area contributed by atoms with Gasteiger partial charge in [0.15, 0.2) is 0 Å². The van der Waals surface area contributed by atoms with E-state index in [1.165, 1.54) is 19.0 Å². The van der Waals surface area contributed by atoms with E-state index >= 15 is 0 Å². The maximum atomic E-state index is 12.3. The van der Waals surface area contributed by atoms with Crippen molar-refractivity contribution in [2.45, 2.75) is 37.2 Å². The van der Waals surface area contributed by atoms with Crippen LogP contribution in [0.2, 0.25) is 0 Å². The van der Waals surface area contributed by atoms with Gasteiger partial charge in [-0.3, -0.25) is 9.82 Å². The van der Waals surface area contributed by atoms with E-state index in [0.717, 1.165) is 12.1 Å². The van der Waals surface area contributed by atoms with Crippen molar-refractivity contribution in [2.24, 2.45) is 0 Å². The number of nitrogens with zero attached hydrogens (tertiary/aromatic N) is 1. The van der Waals surface area contributed by atoms with Crippen molar-refractivity contribution in [1.29, 1.82) is 0 Å². The molecule has 21 heavy (non-hydrogen) atoms. The summed E-state index contributed by atoms with van der Waals surface area (Å²) in [5, 5.41) is 9.79. The molecule has 0 aliphatic heterocycles. The minimum absolute atomic E-state index is 0.170. The molecule has 112 valence electrons. The second-order valence-electron chi connectivity index (χ2n) is 5.32. The lowest BCUT2D eigenvalue weighted by Gasteiger charge is -2.09. The first-order valence-corrected chi connectivity index (χ1v) is 8.38. The highest BCUT2D eigenvalue weighted by atomic mass is 32.2. The zero-order valence-electron chi connectivity index (χ0n) is 11.8. The summed E-state index contributed by atoms with van der Waals surface area (Å²) >= 11 is 0. The van der Waals surface area contributed by atoms with Gasteiger partial charge in [-0.1, -0.05) is 12.1 Å². The van der Waals surface area contributed by atoms with Crippen LogP contribution in [-0.2, 0) is 16.6 Å². The molecule has 1 fully saturated rings. The highest BCUT2D eigenvalue weighted by Gasteiger charge is 2.20. The third-order valence-corrected chi connectivity index (χ3v) is 4.92. The summed E-state index contributed by atoms with van der Waals surface area (Å²) < 4.78 is 27.2. The van der Waals surface area contributed by atoms with E-state index in [1.54, 1.807) is 13.0 Å². The first kappa shape index (κ1) is 14.1. The van der Waals surface area contributed by atoms with E-state index in [4.69, 9.17) is 0 Å². The van der Waals surface area contributed by atoms with Crippen LogP contribution >= 0.6 is 0 Å². The number of hydrogen-bond donors (Lipinski definition) is 3. The van der Waals surface area contributed by atoms with Gasteiger partial charge in [0.05, 0.1) is 11.9 Å². The van der Waals surface area contributed by atoms with Gasteiger partial charge >= 0.3 is 0 Å². The topological polar surface area (TPSA) is 86.9 Å². The molecule has 1 aromatic heterocycles. The molecule has 0 amide bonds. The molecule has 1 saturated carbocycles. The van der Waals surface area contributed by atoms with E-state index in [1.807, 2.05) is 18.2 Å². The molecule has 0 radical (unpaired) electrons. The number of aromatic nitrogens is 2. The Bertz CT molecular complexity index is 735. The van der Waals surface area contributed by atoms with Crippen LogP contribution in [0.15, 0.2) is 35.4 Å². The van der Waals surface area contributed by atoms with Crippen molar-refractivity contribution in [3.05, 3.63) is 41.7 Å². The van der Waals surface area contributed by atoms with Crippen LogP contribution in [0, 0.1) is 6.92 Å². The lowest BCUT2D eigenvalue weighted by atomic mass is 10.2. The molecule has 1 aliphatic rings. The molecule has 1 aromatic carbocycles. The number of benzene rings is 1. The van der Waals surface area contributed by atoms with Crippen LogP contribution in [-0.4, -0.2) is 24.7 Å². The van der Waals surface area contributed by atoms with E-state index in [9.17, 15) is 8.42 Å². The lowest BCUT2D eigenvalue weighted by molar-refractivity contribution is 0.600. The van der Waals surface area contributed by atoms with E-state index in [2.05, 4.69) is 20.2 Å². The smallest absolute Gasteiger partial charge is 0.265 e. The Hall–Kier alpha value is -1.86. The van der Waals surface area contributed by atoms with Crippen LogP contribution < -0.4 is 10.0 Å². The van der Waals surface area contributed by atoms with Crippen LogP contribution in [0.1, 0.15) is 24.1 Å². The van der Waals surface area contributed by atoms with E-state index < -0.39 is 10.0 Å². The van der Waals surface area contributed by atoms with Crippen molar-refractivity contribution in [3.8, 4) is 0 Å². The fourth-order valence-electron chi connectivity index (χ4n) is 2.12. The molecule has 0 spiro atoms. The summed E-state index contributed by atoms with van der Waals surface area (Å²) in [5.41, 5.74) is 2.14. The van der Waals surface area contributed by atoms with Crippen molar-refractivity contribution in [1.82, 2.24) is 15.5 Å². The summed E-state index contributed by atoms with van der Waals surface area (Å²) in [5.74, 6) is 0. The number of aryl methyl sites for hydroxylation is 1. The second kappa shape index (κ2) is 5.50. The molecule has 0 atom stereocenters. The van der Waals surface area contributed by atoms with Gasteiger partial charge < -0.3 is 5.32 Å². The van der Waals surface area contributed by atoms with E-state index in [0.29, 0.717) is 17.4 Å². The Morgan fingerprint density at radius 1 is 1.38 bits per heavy atom. The molecule has 6 nitrogen and oxygen atoms in total. The zero-order chi connectivity index (χ0) is 14.9. The summed E-state index contributed by atoms with van der Waals surface area (Å²) in [6, 6.07) is 8.05. The quantitative estimate of drug-likeness (QED) is 0.759. The molecule has 0 saturated heterocycles. The molecule has 7 heteroatoms. The number of rotatable bonds is 6. The van der Waals surface area contributed by atoms with Gasteiger partial charge in [0.1, 0.15) is 4.90 Å². The fourth-order valence-corrected chi connectivity index (χ4v) is 3.30. The van der Waals surface area contributed by atoms with Crippen LogP contribution in [0.5, 0.6) is 0 Å². The monoisotopic (exact) mass is 306 g/mol. The van der Waals surface area contributed by atoms with Crippen LogP contribution in [0.3, 0.4) is 0 Å². The van der Waals surface area contributed by atoms with E-state index in [-0.39, 0.29) is 4.90 Å². The Balaban J connectivity index is 1.74. The molecule has 1 aliphatic carbocycles. The average molecular weight is 306 g/mol. The Morgan fingerprint density at radius 2 is 2.19 bits per heavy atom. The normalized spacial score (nSPS) is 15.1. The molecule has 0 unspecified atom stereocenters. The Morgan fingerprint density at radius 3 is 2.86 bits per heavy atom. The molecule has 3 rings (SSSR count). The molecular formula is C14H18N4O2S. The first-order valence-electron chi connectivity index (χ1n) is 6.90. The standard InChI is InChI=1S/C14H18N4O2S/c1-10-14(9-16-17-10)21(19,20)18-13-4-2-3-11(7-13)8-15-12-5-6-12/h2-4,7,9,12,15,18H,5-6,8H2,1H3,(H,16,17). The predicted molar refractivity (Wildman–Crippen MR) is 80.4 cm³/mol. The van der Waals surface area contributed by atoms with Gasteiger partial charge in [0, 0.05) is 18.3 Å². The Kier molecular flexibility index (Phi) is 3.69. The maximum Gasteiger partial charge on any atom is 0.265 e. The minimum atomic E-state index is -3.60. The Labute approximate surface area is 124 Å². The molecule has 2 aromatic rings. The lowest BCUT2D eigenvalue weighted by Crippen LogP contribution is -2.16. The van der Waals surface area contributed by atoms with Crippen molar-refractivity contribution >= 4 is 15.7 Å². The highest BCUT2D eigenvalue weighted by molar-refractivity contribution is 7.92. The van der Waals surface area contributed by atoms with Crippen molar-refractivity contribution in [3.63, 3.8) is 0 Å². The predicted octanol–water partition coefficient (Wildman–Crippen LogP) is 1.77. The number of sulfonamides is 1. The number of anilines is 1. The summed E-state index contributed by atoms with van der Waals surface area (Å²) in [6.45, 7) is 2.43. The third-order valence-electron chi connectivity index (χ3n) is 3.42. The van der Waals surface area contributed by atoms with Crippen LogP contribution in [0.4, 0.5) is 5.69 Å². The molecule has 0 bridgehead atoms. The largest absolute Gasteiger partial charge is 0.310 e. The number of H-pyrrole nitrogens is 1. The van der Waals surface area contributed by atoms with Gasteiger partial charge in [0.25, 0.3) is 10.0 Å². The molecule has 3 N–H and O–H groups in total. The first-order chi connectivity index (χ1) is 10.0. The fraction of sp³-hybridized carbons (Fsp3) is 0.357. The maximum absolute atomic E-state index is 12.3. The number of nitrogens with one attached hydrogen (secondary N) is 3. The van der Waals surface area contributed by atoms with Gasteiger partial charge in [-0.05, 0) is 37.5 Å². The van der Waals surface area contributed by atoms with Crippen molar-refractivity contribution in [2.75, 3.05) is 4.72 Å². The second-order valence-corrected chi connectivity index (χ2v) is 6.97. The van der Waals surface area contributed by atoms with Gasteiger partial charge in [-0.25, -0.2) is 8.42 Å². The zero-order valence-corrected chi connectivity index (χ0v) is 12.6. The molecular weight excluding hydrogens is 288 g/mol. The minimum Gasteiger partial charge on any atom is -0.310 e. The summed E-state index contributed by atoms with van der Waals surface area (Å²) in [7, 11) is -3.60. The average Bonchev–Trinajstić information content (AvgIpc) is 3.16. The van der Waals surface area contributed by atoms with Crippen LogP contribution in [0.25, 0.3) is 0 Å². The van der Waals surface area contributed by atoms with Gasteiger partial charge in [-0.2, -0.15) is 5.10 Å². The number of aromatic amines is 1. The highest BCUT2D eigenvalue weighted by Crippen LogP contribution is 2.21. The van der Waals surface area contributed by atoms with Gasteiger partial charge in [-0.15, -0.1) is 0 Å². The summed E-state index contributed by atoms with van der Waals surface area (Å²) in [6.07, 6.45) is 3.77.